The molecule has 2 unspecified atom stereocenters. The first-order valence-corrected chi connectivity index (χ1v) is 4.77. The predicted octanol–water partition coefficient (Wildman–Crippen LogP) is 1.66. The fourth-order valence-corrected chi connectivity index (χ4v) is 2.59. The molecule has 1 heterocycles. The van der Waals surface area contributed by atoms with Gasteiger partial charge in [-0.3, -0.25) is 4.90 Å². The van der Waals surface area contributed by atoms with Gasteiger partial charge in [0.2, 0.25) is 0 Å². The van der Waals surface area contributed by atoms with Crippen molar-refractivity contribution in [3.8, 4) is 0 Å². The molecule has 0 aromatic carbocycles. The van der Waals surface area contributed by atoms with E-state index in [1.54, 1.807) is 0 Å². The predicted molar refractivity (Wildman–Crippen MR) is 60.8 cm³/mol. The van der Waals surface area contributed by atoms with Gasteiger partial charge in [-0.15, -0.1) is 24.8 Å². The van der Waals surface area contributed by atoms with Crippen LogP contribution in [0.1, 0.15) is 26.2 Å². The van der Waals surface area contributed by atoms with Crippen molar-refractivity contribution in [3.05, 3.63) is 0 Å². The summed E-state index contributed by atoms with van der Waals surface area (Å²) in [6, 6.07) is 1.28. The van der Waals surface area contributed by atoms with Gasteiger partial charge < -0.3 is 5.73 Å². The number of hydrogen-bond donors (Lipinski definition) is 1. The molecule has 1 aliphatic carbocycles. The quantitative estimate of drug-likeness (QED) is 0.777. The maximum atomic E-state index is 5.74. The van der Waals surface area contributed by atoms with Crippen LogP contribution in [-0.2, 0) is 0 Å². The van der Waals surface area contributed by atoms with E-state index < -0.39 is 0 Å². The van der Waals surface area contributed by atoms with Crippen molar-refractivity contribution in [2.45, 2.75) is 38.3 Å². The summed E-state index contributed by atoms with van der Waals surface area (Å²) in [5.41, 5.74) is 5.74. The van der Waals surface area contributed by atoms with Crippen LogP contribution in [0.5, 0.6) is 0 Å². The topological polar surface area (TPSA) is 29.3 Å². The molecule has 2 aliphatic rings. The van der Waals surface area contributed by atoms with E-state index in [9.17, 15) is 0 Å². The summed E-state index contributed by atoms with van der Waals surface area (Å²) < 4.78 is 0. The lowest BCUT2D eigenvalue weighted by Crippen LogP contribution is -2.56. The van der Waals surface area contributed by atoms with Crippen LogP contribution in [0.15, 0.2) is 0 Å². The van der Waals surface area contributed by atoms with Crippen molar-refractivity contribution in [1.82, 2.24) is 4.90 Å². The normalized spacial score (nSPS) is 33.7. The number of halogens is 2. The van der Waals surface area contributed by atoms with E-state index in [1.165, 1.54) is 25.8 Å². The van der Waals surface area contributed by atoms with Gasteiger partial charge in [0.1, 0.15) is 0 Å². The fraction of sp³-hybridized carbons (Fsp3) is 1.00. The highest BCUT2D eigenvalue weighted by molar-refractivity contribution is 5.85. The highest BCUT2D eigenvalue weighted by Gasteiger charge is 2.41. The van der Waals surface area contributed by atoms with Crippen molar-refractivity contribution in [2.75, 3.05) is 13.1 Å². The van der Waals surface area contributed by atoms with E-state index in [4.69, 9.17) is 5.73 Å². The summed E-state index contributed by atoms with van der Waals surface area (Å²) in [5, 5.41) is 0. The smallest absolute Gasteiger partial charge is 0.0139 e. The Kier molecular flexibility index (Phi) is 5.61. The Bertz CT molecular complexity index is 153. The number of rotatable bonds is 2. The van der Waals surface area contributed by atoms with Crippen molar-refractivity contribution >= 4 is 24.8 Å². The summed E-state index contributed by atoms with van der Waals surface area (Å²) >= 11 is 0. The van der Waals surface area contributed by atoms with E-state index in [0.717, 1.165) is 18.5 Å². The van der Waals surface area contributed by atoms with Gasteiger partial charge in [-0.05, 0) is 25.7 Å². The molecule has 4 heteroatoms. The standard InChI is InChI=1S/C9H18N2.2ClH/c1-7(10)5-11-6-8-3-2-4-9(8)11;;/h7-9H,2-6,10H2,1H3;2*1H/t7-,8?,9?;;/m1../s1. The van der Waals surface area contributed by atoms with Gasteiger partial charge in [0.25, 0.3) is 0 Å². The van der Waals surface area contributed by atoms with Gasteiger partial charge in [-0.1, -0.05) is 6.42 Å². The third-order valence-corrected chi connectivity index (χ3v) is 3.08. The third-order valence-electron chi connectivity index (χ3n) is 3.08. The Hall–Kier alpha value is 0.500. The Morgan fingerprint density at radius 3 is 2.62 bits per heavy atom. The minimum atomic E-state index is 0. The fourth-order valence-electron chi connectivity index (χ4n) is 2.59. The van der Waals surface area contributed by atoms with Crippen LogP contribution < -0.4 is 5.73 Å². The van der Waals surface area contributed by atoms with Crippen LogP contribution in [-0.4, -0.2) is 30.1 Å². The first-order chi connectivity index (χ1) is 5.27. The first-order valence-electron chi connectivity index (χ1n) is 4.77. The van der Waals surface area contributed by atoms with E-state index in [-0.39, 0.29) is 24.8 Å². The molecule has 3 atom stereocenters. The third kappa shape index (κ3) is 2.72. The zero-order chi connectivity index (χ0) is 7.84. The molecule has 0 amide bonds. The highest BCUT2D eigenvalue weighted by atomic mass is 35.5. The highest BCUT2D eigenvalue weighted by Crippen LogP contribution is 2.38. The second-order valence-electron chi connectivity index (χ2n) is 4.19. The Labute approximate surface area is 93.1 Å². The molecular weight excluding hydrogens is 207 g/mol. The average molecular weight is 227 g/mol. The molecule has 0 radical (unpaired) electrons. The van der Waals surface area contributed by atoms with E-state index >= 15 is 0 Å². The van der Waals surface area contributed by atoms with E-state index in [2.05, 4.69) is 11.8 Å². The number of nitrogens with two attached hydrogens (primary N) is 1. The number of fused-ring (bicyclic) bond motifs is 1. The minimum Gasteiger partial charge on any atom is -0.327 e. The molecule has 1 saturated heterocycles. The Balaban J connectivity index is 0.000000720. The summed E-state index contributed by atoms with van der Waals surface area (Å²) in [6.07, 6.45) is 4.35. The lowest BCUT2D eigenvalue weighted by molar-refractivity contribution is 0.0345. The second-order valence-corrected chi connectivity index (χ2v) is 4.19. The van der Waals surface area contributed by atoms with Gasteiger partial charge in [-0.25, -0.2) is 0 Å². The molecule has 2 fully saturated rings. The van der Waals surface area contributed by atoms with E-state index in [0.29, 0.717) is 6.04 Å². The Morgan fingerprint density at radius 1 is 1.38 bits per heavy atom. The lowest BCUT2D eigenvalue weighted by atomic mass is 9.91. The van der Waals surface area contributed by atoms with Crippen LogP contribution in [0.4, 0.5) is 0 Å². The molecule has 0 bridgehead atoms. The summed E-state index contributed by atoms with van der Waals surface area (Å²) in [4.78, 5) is 2.56. The number of likely N-dealkylation sites (tertiary alicyclic amines) is 1. The minimum absolute atomic E-state index is 0. The molecule has 2 nitrogen and oxygen atoms in total. The molecule has 0 spiro atoms. The second kappa shape index (κ2) is 5.40. The van der Waals surface area contributed by atoms with Crippen LogP contribution in [0, 0.1) is 5.92 Å². The van der Waals surface area contributed by atoms with Crippen molar-refractivity contribution < 1.29 is 0 Å². The van der Waals surface area contributed by atoms with Gasteiger partial charge >= 0.3 is 0 Å². The molecule has 0 aromatic rings. The van der Waals surface area contributed by atoms with Crippen molar-refractivity contribution in [2.24, 2.45) is 11.7 Å². The lowest BCUT2D eigenvalue weighted by Gasteiger charge is -2.45. The molecule has 80 valence electrons. The maximum absolute atomic E-state index is 5.74. The largest absolute Gasteiger partial charge is 0.327 e. The summed E-state index contributed by atoms with van der Waals surface area (Å²) in [6.45, 7) is 4.54. The van der Waals surface area contributed by atoms with Crippen LogP contribution in [0.3, 0.4) is 0 Å². The molecular formula is C9H20Cl2N2. The van der Waals surface area contributed by atoms with Crippen LogP contribution in [0.2, 0.25) is 0 Å². The van der Waals surface area contributed by atoms with Gasteiger partial charge in [-0.2, -0.15) is 0 Å². The summed E-state index contributed by atoms with van der Waals surface area (Å²) in [5.74, 6) is 1.04. The number of nitrogens with zero attached hydrogens (tertiary/aromatic N) is 1. The molecule has 2 N–H and O–H groups in total. The zero-order valence-electron chi connectivity index (χ0n) is 8.11. The van der Waals surface area contributed by atoms with Crippen molar-refractivity contribution in [3.63, 3.8) is 0 Å². The van der Waals surface area contributed by atoms with Crippen LogP contribution in [0.25, 0.3) is 0 Å². The SMILES string of the molecule is C[C@@H](N)CN1CC2CCCC21.Cl.Cl. The zero-order valence-corrected chi connectivity index (χ0v) is 9.74. The summed E-state index contributed by atoms with van der Waals surface area (Å²) in [7, 11) is 0. The molecule has 1 saturated carbocycles. The first kappa shape index (κ1) is 13.5. The van der Waals surface area contributed by atoms with Gasteiger partial charge in [0.15, 0.2) is 0 Å². The van der Waals surface area contributed by atoms with Gasteiger partial charge in [0.05, 0.1) is 0 Å². The van der Waals surface area contributed by atoms with Crippen molar-refractivity contribution in [1.29, 1.82) is 0 Å². The molecule has 1 aliphatic heterocycles. The van der Waals surface area contributed by atoms with Crippen LogP contribution >= 0.6 is 24.8 Å². The maximum Gasteiger partial charge on any atom is 0.0139 e. The number of hydrogen-bond acceptors (Lipinski definition) is 2. The molecule has 0 aromatic heterocycles. The Morgan fingerprint density at radius 2 is 2.08 bits per heavy atom. The van der Waals surface area contributed by atoms with Gasteiger partial charge in [0, 0.05) is 25.2 Å². The monoisotopic (exact) mass is 226 g/mol. The average Bonchev–Trinajstić information content (AvgIpc) is 2.26. The van der Waals surface area contributed by atoms with E-state index in [1.807, 2.05) is 0 Å². The molecule has 2 rings (SSSR count). The molecule has 13 heavy (non-hydrogen) atoms.